The van der Waals surface area contributed by atoms with Crippen molar-refractivity contribution in [3.8, 4) is 0 Å². The molecule has 7 heteroatoms. The third-order valence-electron chi connectivity index (χ3n) is 1.97. The Morgan fingerprint density at radius 2 is 1.94 bits per heavy atom. The predicted molar refractivity (Wildman–Crippen MR) is 44.3 cm³/mol. The van der Waals surface area contributed by atoms with Gasteiger partial charge in [0.15, 0.2) is 6.29 Å². The largest absolute Gasteiger partial charge is 0.418 e. The van der Waals surface area contributed by atoms with Crippen LogP contribution >= 0.6 is 0 Å². The Morgan fingerprint density at radius 3 is 2.31 bits per heavy atom. The second-order valence-corrected chi connectivity index (χ2v) is 3.00. The van der Waals surface area contributed by atoms with Gasteiger partial charge < -0.3 is 0 Å². The van der Waals surface area contributed by atoms with E-state index in [1.165, 1.54) is 0 Å². The fourth-order valence-corrected chi connectivity index (χ4v) is 1.33. The van der Waals surface area contributed by atoms with Crippen molar-refractivity contribution in [2.45, 2.75) is 19.5 Å². The number of nitrogens with zero attached hydrogens (tertiary/aromatic N) is 1. The van der Waals surface area contributed by atoms with Crippen LogP contribution in [0.25, 0.3) is 0 Å². The summed E-state index contributed by atoms with van der Waals surface area (Å²) in [6.07, 6.45) is -7.69. The highest BCUT2D eigenvalue weighted by molar-refractivity contribution is 5.77. The first-order chi connectivity index (χ1) is 7.29. The van der Waals surface area contributed by atoms with E-state index >= 15 is 0 Å². The molecule has 0 saturated heterocycles. The Balaban J connectivity index is 3.61. The number of rotatable bonds is 2. The first-order valence-corrected chi connectivity index (χ1v) is 4.09. The number of hydrogen-bond acceptors (Lipinski definition) is 2. The average Bonchev–Trinajstić information content (AvgIpc) is 2.15. The third-order valence-corrected chi connectivity index (χ3v) is 1.97. The molecule has 1 aromatic heterocycles. The lowest BCUT2D eigenvalue weighted by Crippen LogP contribution is -2.15. The van der Waals surface area contributed by atoms with E-state index in [1.807, 2.05) is 0 Å². The normalized spacial score (nSPS) is 11.9. The average molecular weight is 239 g/mol. The molecule has 0 spiro atoms. The Morgan fingerprint density at radius 1 is 1.38 bits per heavy atom. The van der Waals surface area contributed by atoms with Crippen LogP contribution in [-0.4, -0.2) is 11.3 Å². The molecule has 0 bridgehead atoms. The third kappa shape index (κ3) is 2.17. The molecule has 0 unspecified atom stereocenters. The highest BCUT2D eigenvalue weighted by Crippen LogP contribution is 2.38. The van der Waals surface area contributed by atoms with E-state index in [4.69, 9.17) is 0 Å². The number of aromatic nitrogens is 1. The van der Waals surface area contributed by atoms with E-state index in [2.05, 4.69) is 4.98 Å². The van der Waals surface area contributed by atoms with Gasteiger partial charge in [-0.3, -0.25) is 9.78 Å². The number of halogens is 5. The van der Waals surface area contributed by atoms with Crippen LogP contribution in [0.1, 0.15) is 33.6 Å². The minimum atomic E-state index is -4.96. The van der Waals surface area contributed by atoms with Crippen molar-refractivity contribution in [1.29, 1.82) is 0 Å². The molecule has 16 heavy (non-hydrogen) atoms. The van der Waals surface area contributed by atoms with Gasteiger partial charge >= 0.3 is 6.18 Å². The quantitative estimate of drug-likeness (QED) is 0.586. The van der Waals surface area contributed by atoms with E-state index in [0.717, 1.165) is 6.92 Å². The minimum Gasteiger partial charge on any atom is -0.298 e. The molecule has 0 aliphatic carbocycles. The summed E-state index contributed by atoms with van der Waals surface area (Å²) in [5, 5.41) is 0. The smallest absolute Gasteiger partial charge is 0.298 e. The Labute approximate surface area is 87.1 Å². The Bertz CT molecular complexity index is 413. The molecule has 0 radical (unpaired) electrons. The summed E-state index contributed by atoms with van der Waals surface area (Å²) in [5.41, 5.74) is -4.16. The summed E-state index contributed by atoms with van der Waals surface area (Å²) < 4.78 is 62.5. The standard InChI is InChI=1S/C9H6F5NO/c1-4-7(9(12,13)14)6(8(10)11)5(3-16)2-15-4/h2-3,8H,1H3. The van der Waals surface area contributed by atoms with E-state index in [1.54, 1.807) is 0 Å². The molecule has 0 aliphatic heterocycles. The van der Waals surface area contributed by atoms with Gasteiger partial charge in [-0.2, -0.15) is 13.2 Å². The van der Waals surface area contributed by atoms with Crippen LogP contribution in [0.2, 0.25) is 0 Å². The first-order valence-electron chi connectivity index (χ1n) is 4.09. The number of carbonyl (C=O) groups excluding carboxylic acids is 1. The molecule has 1 rings (SSSR count). The van der Waals surface area contributed by atoms with E-state index < -0.39 is 35.0 Å². The molecule has 0 fully saturated rings. The van der Waals surface area contributed by atoms with Crippen molar-refractivity contribution in [3.63, 3.8) is 0 Å². The van der Waals surface area contributed by atoms with E-state index in [-0.39, 0.29) is 6.29 Å². The predicted octanol–water partition coefficient (Wildman–Crippen LogP) is 3.16. The fraction of sp³-hybridized carbons (Fsp3) is 0.333. The zero-order valence-electron chi connectivity index (χ0n) is 7.98. The molecular formula is C9H6F5NO. The molecule has 1 heterocycles. The zero-order chi connectivity index (χ0) is 12.5. The molecule has 0 N–H and O–H groups in total. The van der Waals surface area contributed by atoms with Crippen LogP contribution < -0.4 is 0 Å². The maximum Gasteiger partial charge on any atom is 0.418 e. The lowest BCUT2D eigenvalue weighted by Gasteiger charge is -2.15. The second kappa shape index (κ2) is 4.15. The van der Waals surface area contributed by atoms with Crippen LogP contribution in [-0.2, 0) is 6.18 Å². The van der Waals surface area contributed by atoms with Gasteiger partial charge in [0.05, 0.1) is 5.56 Å². The van der Waals surface area contributed by atoms with Crippen molar-refractivity contribution in [2.24, 2.45) is 0 Å². The van der Waals surface area contributed by atoms with Gasteiger partial charge in [-0.25, -0.2) is 8.78 Å². The highest BCUT2D eigenvalue weighted by atomic mass is 19.4. The van der Waals surface area contributed by atoms with Crippen LogP contribution in [0.4, 0.5) is 22.0 Å². The number of carbonyl (C=O) groups is 1. The SMILES string of the molecule is Cc1ncc(C=O)c(C(F)F)c1C(F)(F)F. The zero-order valence-corrected chi connectivity index (χ0v) is 7.98. The van der Waals surface area contributed by atoms with Gasteiger partial charge in [-0.05, 0) is 6.92 Å². The molecule has 1 aromatic rings. The lowest BCUT2D eigenvalue weighted by molar-refractivity contribution is -0.140. The van der Waals surface area contributed by atoms with Gasteiger partial charge in [-0.15, -0.1) is 0 Å². The molecule has 88 valence electrons. The second-order valence-electron chi connectivity index (χ2n) is 3.00. The van der Waals surface area contributed by atoms with Crippen molar-refractivity contribution in [2.75, 3.05) is 0 Å². The summed E-state index contributed by atoms with van der Waals surface area (Å²) in [4.78, 5) is 13.7. The van der Waals surface area contributed by atoms with Crippen LogP contribution in [0.5, 0.6) is 0 Å². The van der Waals surface area contributed by atoms with Gasteiger partial charge in [0, 0.05) is 23.0 Å². The van der Waals surface area contributed by atoms with Gasteiger partial charge in [0.2, 0.25) is 0 Å². The molecular weight excluding hydrogens is 233 g/mol. The van der Waals surface area contributed by atoms with Crippen molar-refractivity contribution >= 4 is 6.29 Å². The Hall–Kier alpha value is -1.53. The van der Waals surface area contributed by atoms with Gasteiger partial charge in [-0.1, -0.05) is 0 Å². The summed E-state index contributed by atoms with van der Waals surface area (Å²) in [6, 6.07) is 0. The van der Waals surface area contributed by atoms with Crippen molar-refractivity contribution < 1.29 is 26.7 Å². The summed E-state index contributed by atoms with van der Waals surface area (Å²) in [5.74, 6) is 0. The molecule has 0 atom stereocenters. The first kappa shape index (κ1) is 12.5. The van der Waals surface area contributed by atoms with Crippen molar-refractivity contribution in [1.82, 2.24) is 4.98 Å². The molecule has 0 saturated carbocycles. The molecule has 0 aromatic carbocycles. The molecule has 0 amide bonds. The number of aryl methyl sites for hydroxylation is 1. The molecule has 0 aliphatic rings. The summed E-state index contributed by atoms with van der Waals surface area (Å²) >= 11 is 0. The topological polar surface area (TPSA) is 30.0 Å². The van der Waals surface area contributed by atoms with Crippen LogP contribution in [0.15, 0.2) is 6.20 Å². The Kier molecular flexibility index (Phi) is 3.25. The van der Waals surface area contributed by atoms with E-state index in [0.29, 0.717) is 6.20 Å². The minimum absolute atomic E-state index is 0.0663. The molecule has 2 nitrogen and oxygen atoms in total. The van der Waals surface area contributed by atoms with Gasteiger partial charge in [0.1, 0.15) is 0 Å². The number of pyridine rings is 1. The van der Waals surface area contributed by atoms with E-state index in [9.17, 15) is 26.7 Å². The highest BCUT2D eigenvalue weighted by Gasteiger charge is 2.39. The van der Waals surface area contributed by atoms with Crippen LogP contribution in [0, 0.1) is 6.92 Å². The van der Waals surface area contributed by atoms with Crippen LogP contribution in [0.3, 0.4) is 0 Å². The maximum absolute atomic E-state index is 12.5. The number of hydrogen-bond donors (Lipinski definition) is 0. The maximum atomic E-state index is 12.5. The van der Waals surface area contributed by atoms with Gasteiger partial charge in [0.25, 0.3) is 6.43 Å². The summed E-state index contributed by atoms with van der Waals surface area (Å²) in [7, 11) is 0. The number of alkyl halides is 5. The number of aldehydes is 1. The monoisotopic (exact) mass is 239 g/mol. The van der Waals surface area contributed by atoms with Crippen molar-refractivity contribution in [3.05, 3.63) is 28.6 Å². The lowest BCUT2D eigenvalue weighted by atomic mass is 10.0. The summed E-state index contributed by atoms with van der Waals surface area (Å²) in [6.45, 7) is 0.962. The fourth-order valence-electron chi connectivity index (χ4n) is 1.33.